The lowest BCUT2D eigenvalue weighted by atomic mass is 10.5. The Morgan fingerprint density at radius 1 is 1.69 bits per heavy atom. The zero-order valence-corrected chi connectivity index (χ0v) is 10.9. The van der Waals surface area contributed by atoms with Crippen molar-refractivity contribution >= 4 is 44.3 Å². The Balaban J connectivity index is 2.59. The normalized spacial score (nSPS) is 9.62. The van der Waals surface area contributed by atoms with Crippen molar-refractivity contribution in [3.05, 3.63) is 22.1 Å². The molecular weight excluding hydrogens is 296 g/mol. The summed E-state index contributed by atoms with van der Waals surface area (Å²) in [6.45, 7) is 4.99. The van der Waals surface area contributed by atoms with E-state index in [-0.39, 0.29) is 18.2 Å². The highest BCUT2D eigenvalue weighted by molar-refractivity contribution is 9.11. The van der Waals surface area contributed by atoms with Gasteiger partial charge in [-0.3, -0.25) is 4.79 Å². The van der Waals surface area contributed by atoms with E-state index in [9.17, 15) is 9.59 Å². The molecule has 5 nitrogen and oxygen atoms in total. The number of nitrogens with zero attached hydrogens (tertiary/aromatic N) is 1. The number of anilines is 1. The summed E-state index contributed by atoms with van der Waals surface area (Å²) >= 11 is 4.23. The highest BCUT2D eigenvalue weighted by atomic mass is 79.9. The van der Waals surface area contributed by atoms with Crippen molar-refractivity contribution in [3.8, 4) is 0 Å². The Morgan fingerprint density at radius 2 is 2.38 bits per heavy atom. The van der Waals surface area contributed by atoms with E-state index >= 15 is 0 Å². The summed E-state index contributed by atoms with van der Waals surface area (Å²) in [5.74, 6) is -0.781. The fourth-order valence-corrected chi connectivity index (χ4v) is 1.63. The maximum absolute atomic E-state index is 11.4. The molecular formula is C9H9BrN2O3S. The van der Waals surface area contributed by atoms with E-state index < -0.39 is 5.97 Å². The van der Waals surface area contributed by atoms with Gasteiger partial charge in [-0.05, 0) is 0 Å². The minimum Gasteiger partial charge on any atom is -0.456 e. The van der Waals surface area contributed by atoms with Gasteiger partial charge in [0.15, 0.2) is 10.8 Å². The zero-order valence-electron chi connectivity index (χ0n) is 8.45. The van der Waals surface area contributed by atoms with Crippen molar-refractivity contribution in [2.75, 3.05) is 11.9 Å². The van der Waals surface area contributed by atoms with E-state index in [2.05, 4.69) is 32.8 Å². The van der Waals surface area contributed by atoms with E-state index in [0.29, 0.717) is 9.61 Å². The van der Waals surface area contributed by atoms with Crippen LogP contribution in [-0.4, -0.2) is 23.5 Å². The molecule has 0 fully saturated rings. The average Bonchev–Trinajstić information content (AvgIpc) is 2.61. The largest absolute Gasteiger partial charge is 0.456 e. The third-order valence-electron chi connectivity index (χ3n) is 1.36. The monoisotopic (exact) mass is 304 g/mol. The number of carbonyl (C=O) groups excluding carboxylic acids is 2. The number of rotatable bonds is 4. The Morgan fingerprint density at radius 3 is 2.94 bits per heavy atom. The van der Waals surface area contributed by atoms with Crippen LogP contribution >= 0.6 is 27.3 Å². The third kappa shape index (κ3) is 4.11. The number of amides is 1. The first-order valence-electron chi connectivity index (χ1n) is 4.22. The second-order valence-electron chi connectivity index (χ2n) is 2.81. The third-order valence-corrected chi connectivity index (χ3v) is 2.34. The minimum atomic E-state index is -0.548. The number of esters is 1. The van der Waals surface area contributed by atoms with Gasteiger partial charge in [0.25, 0.3) is 0 Å². The smallest absolute Gasteiger partial charge is 0.358 e. The van der Waals surface area contributed by atoms with Crippen molar-refractivity contribution in [2.24, 2.45) is 0 Å². The van der Waals surface area contributed by atoms with Crippen molar-refractivity contribution in [2.45, 2.75) is 6.92 Å². The molecule has 0 aliphatic heterocycles. The molecule has 0 saturated heterocycles. The van der Waals surface area contributed by atoms with Gasteiger partial charge in [0.1, 0.15) is 6.61 Å². The molecule has 1 aromatic heterocycles. The molecule has 0 bridgehead atoms. The molecule has 1 N–H and O–H groups in total. The van der Waals surface area contributed by atoms with Crippen LogP contribution in [0.15, 0.2) is 16.4 Å². The summed E-state index contributed by atoms with van der Waals surface area (Å²) in [7, 11) is 0. The Kier molecular flexibility index (Phi) is 4.63. The molecule has 0 aliphatic rings. The van der Waals surface area contributed by atoms with Gasteiger partial charge in [-0.25, -0.2) is 9.78 Å². The fourth-order valence-electron chi connectivity index (χ4n) is 0.793. The molecule has 1 rings (SSSR count). The van der Waals surface area contributed by atoms with E-state index in [1.807, 2.05) is 0 Å². The predicted molar refractivity (Wildman–Crippen MR) is 64.8 cm³/mol. The van der Waals surface area contributed by atoms with E-state index in [0.717, 1.165) is 11.3 Å². The highest BCUT2D eigenvalue weighted by Crippen LogP contribution is 2.16. The van der Waals surface area contributed by atoms with Gasteiger partial charge >= 0.3 is 5.97 Å². The molecule has 1 aromatic rings. The summed E-state index contributed by atoms with van der Waals surface area (Å²) in [4.78, 5) is 26.0. The first kappa shape index (κ1) is 12.9. The second-order valence-corrected chi connectivity index (χ2v) is 4.79. The van der Waals surface area contributed by atoms with Crippen LogP contribution in [0, 0.1) is 0 Å². The van der Waals surface area contributed by atoms with Gasteiger partial charge in [0.05, 0.1) is 0 Å². The van der Waals surface area contributed by atoms with Gasteiger partial charge in [0, 0.05) is 16.8 Å². The molecule has 0 spiro atoms. The van der Waals surface area contributed by atoms with Crippen molar-refractivity contribution in [3.63, 3.8) is 0 Å². The zero-order chi connectivity index (χ0) is 12.1. The van der Waals surface area contributed by atoms with Crippen LogP contribution in [0.3, 0.4) is 0 Å². The van der Waals surface area contributed by atoms with Crippen LogP contribution in [0.4, 0.5) is 5.13 Å². The van der Waals surface area contributed by atoms with Gasteiger partial charge < -0.3 is 10.1 Å². The number of thiazole rings is 1. The molecule has 0 unspecified atom stereocenters. The Labute approximate surface area is 105 Å². The van der Waals surface area contributed by atoms with Gasteiger partial charge in [-0.1, -0.05) is 22.5 Å². The van der Waals surface area contributed by atoms with Crippen LogP contribution in [0.5, 0.6) is 0 Å². The molecule has 0 aromatic carbocycles. The Bertz CT molecular complexity index is 430. The summed E-state index contributed by atoms with van der Waals surface area (Å²) in [5.41, 5.74) is 0.169. The molecule has 1 amide bonds. The Hall–Kier alpha value is -1.21. The lowest BCUT2D eigenvalue weighted by molar-refractivity contribution is -0.114. The molecule has 0 aliphatic carbocycles. The maximum Gasteiger partial charge on any atom is 0.358 e. The summed E-state index contributed by atoms with van der Waals surface area (Å²) in [5, 5.41) is 4.37. The quantitative estimate of drug-likeness (QED) is 0.866. The van der Waals surface area contributed by atoms with Crippen molar-refractivity contribution in [1.29, 1.82) is 0 Å². The van der Waals surface area contributed by atoms with Crippen LogP contribution in [-0.2, 0) is 9.53 Å². The number of aromatic nitrogens is 1. The lowest BCUT2D eigenvalue weighted by Gasteiger charge is -1.99. The molecule has 0 atom stereocenters. The first-order valence-corrected chi connectivity index (χ1v) is 5.90. The number of ether oxygens (including phenoxy) is 1. The van der Waals surface area contributed by atoms with Crippen LogP contribution in [0.2, 0.25) is 0 Å². The molecule has 86 valence electrons. The number of nitrogens with one attached hydrogen (secondary N) is 1. The molecule has 7 heteroatoms. The fraction of sp³-hybridized carbons (Fsp3) is 0.222. The van der Waals surface area contributed by atoms with Crippen LogP contribution in [0.1, 0.15) is 17.4 Å². The van der Waals surface area contributed by atoms with E-state index in [1.54, 1.807) is 0 Å². The van der Waals surface area contributed by atoms with E-state index in [1.165, 1.54) is 12.3 Å². The van der Waals surface area contributed by atoms with Gasteiger partial charge in [-0.2, -0.15) is 0 Å². The van der Waals surface area contributed by atoms with Crippen molar-refractivity contribution < 1.29 is 14.3 Å². The number of hydrogen-bond acceptors (Lipinski definition) is 5. The topological polar surface area (TPSA) is 68.3 Å². The molecule has 0 saturated carbocycles. The molecule has 0 radical (unpaired) electrons. The molecule has 16 heavy (non-hydrogen) atoms. The van der Waals surface area contributed by atoms with Gasteiger partial charge in [0.2, 0.25) is 5.91 Å². The molecule has 1 heterocycles. The number of carbonyl (C=O) groups is 2. The lowest BCUT2D eigenvalue weighted by Crippen LogP contribution is -2.08. The average molecular weight is 305 g/mol. The highest BCUT2D eigenvalue weighted by Gasteiger charge is 2.12. The SMILES string of the molecule is C=C(Br)COC(=O)c1csc(NC(C)=O)n1. The van der Waals surface area contributed by atoms with Crippen LogP contribution < -0.4 is 5.32 Å². The number of halogens is 1. The summed E-state index contributed by atoms with van der Waals surface area (Å²) < 4.78 is 5.42. The van der Waals surface area contributed by atoms with Gasteiger partial charge in [-0.15, -0.1) is 11.3 Å². The predicted octanol–water partition coefficient (Wildman–Crippen LogP) is 2.17. The first-order chi connectivity index (χ1) is 7.49. The number of hydrogen-bond donors (Lipinski definition) is 1. The van der Waals surface area contributed by atoms with Crippen LogP contribution in [0.25, 0.3) is 0 Å². The van der Waals surface area contributed by atoms with Crippen molar-refractivity contribution in [1.82, 2.24) is 4.98 Å². The maximum atomic E-state index is 11.4. The summed E-state index contributed by atoms with van der Waals surface area (Å²) in [6.07, 6.45) is 0. The summed E-state index contributed by atoms with van der Waals surface area (Å²) in [6, 6.07) is 0. The van der Waals surface area contributed by atoms with E-state index in [4.69, 9.17) is 4.74 Å². The standard InChI is InChI=1S/C9H9BrN2O3S/c1-5(10)3-15-8(14)7-4-16-9(12-7)11-6(2)13/h4H,1,3H2,2H3,(H,11,12,13). The second kappa shape index (κ2) is 5.76. The minimum absolute atomic E-state index is 0.0891.